The summed E-state index contributed by atoms with van der Waals surface area (Å²) in [5, 5.41) is 1.07. The van der Waals surface area contributed by atoms with Crippen LogP contribution in [0.25, 0.3) is 10.9 Å². The number of aromatic nitrogens is 1. The average Bonchev–Trinajstić information content (AvgIpc) is 3.70. The summed E-state index contributed by atoms with van der Waals surface area (Å²) in [6, 6.07) is 14.2. The Hall–Kier alpha value is -3.40. The van der Waals surface area contributed by atoms with Crippen molar-refractivity contribution < 1.29 is 19.0 Å². The van der Waals surface area contributed by atoms with E-state index in [0.29, 0.717) is 36.2 Å². The van der Waals surface area contributed by atoms with Crippen LogP contribution in [-0.2, 0) is 11.3 Å². The first-order valence-corrected chi connectivity index (χ1v) is 13.4. The molecule has 4 heterocycles. The van der Waals surface area contributed by atoms with E-state index in [4.69, 9.17) is 19.2 Å². The number of likely N-dealkylation sites (N-methyl/N-ethyl adjacent to an activating group) is 1. The predicted octanol–water partition coefficient (Wildman–Crippen LogP) is 3.40. The predicted molar refractivity (Wildman–Crippen MR) is 146 cm³/mol. The number of carbonyl (C=O) groups is 1. The lowest BCUT2D eigenvalue weighted by Gasteiger charge is -2.29. The van der Waals surface area contributed by atoms with Crippen molar-refractivity contribution in [3.05, 3.63) is 59.2 Å². The van der Waals surface area contributed by atoms with Crippen LogP contribution in [0.5, 0.6) is 11.5 Å². The SMILES string of the molecule is Cc1ccc2nc(N(C)CC3CCNN3)c(CN(CC3CCCO3)C(=O)c3ccc4c(c3)OCO4)cc2c1. The Labute approximate surface area is 223 Å². The van der Waals surface area contributed by atoms with Gasteiger partial charge < -0.3 is 24.0 Å². The molecule has 2 aromatic carbocycles. The van der Waals surface area contributed by atoms with Gasteiger partial charge in [-0.3, -0.25) is 15.6 Å². The van der Waals surface area contributed by atoms with E-state index < -0.39 is 0 Å². The van der Waals surface area contributed by atoms with Crippen molar-refractivity contribution in [3.63, 3.8) is 0 Å². The molecule has 0 radical (unpaired) electrons. The molecule has 3 aromatic rings. The third-order valence-corrected chi connectivity index (χ3v) is 7.52. The zero-order valence-corrected chi connectivity index (χ0v) is 22.0. The number of carbonyl (C=O) groups excluding carboxylic acids is 1. The molecule has 2 N–H and O–H groups in total. The van der Waals surface area contributed by atoms with Gasteiger partial charge >= 0.3 is 0 Å². The minimum Gasteiger partial charge on any atom is -0.454 e. The molecule has 3 aliphatic rings. The van der Waals surface area contributed by atoms with Crippen LogP contribution in [0.4, 0.5) is 5.82 Å². The number of nitrogens with one attached hydrogen (secondary N) is 2. The van der Waals surface area contributed by atoms with Crippen LogP contribution in [0.15, 0.2) is 42.5 Å². The van der Waals surface area contributed by atoms with E-state index in [2.05, 4.69) is 54.0 Å². The highest BCUT2D eigenvalue weighted by molar-refractivity contribution is 5.95. The second kappa shape index (κ2) is 10.8. The van der Waals surface area contributed by atoms with Crippen molar-refractivity contribution >= 4 is 22.6 Å². The molecule has 2 saturated heterocycles. The number of hydrogen-bond donors (Lipinski definition) is 2. The lowest BCUT2D eigenvalue weighted by Crippen LogP contribution is -2.40. The molecule has 6 rings (SSSR count). The Morgan fingerprint density at radius 1 is 1.08 bits per heavy atom. The molecule has 1 aromatic heterocycles. The highest BCUT2D eigenvalue weighted by atomic mass is 16.7. The molecule has 3 aliphatic heterocycles. The first-order chi connectivity index (χ1) is 18.5. The molecule has 0 aliphatic carbocycles. The quantitative estimate of drug-likeness (QED) is 0.470. The van der Waals surface area contributed by atoms with Crippen molar-refractivity contribution in [3.8, 4) is 11.5 Å². The zero-order chi connectivity index (χ0) is 26.1. The van der Waals surface area contributed by atoms with Gasteiger partial charge in [0.15, 0.2) is 11.5 Å². The summed E-state index contributed by atoms with van der Waals surface area (Å²) in [6.07, 6.45) is 3.05. The first-order valence-electron chi connectivity index (χ1n) is 13.4. The van der Waals surface area contributed by atoms with Gasteiger partial charge in [-0.2, -0.15) is 0 Å². The highest BCUT2D eigenvalue weighted by Crippen LogP contribution is 2.33. The third kappa shape index (κ3) is 5.27. The van der Waals surface area contributed by atoms with Crippen molar-refractivity contribution in [2.24, 2.45) is 0 Å². The number of fused-ring (bicyclic) bond motifs is 2. The van der Waals surface area contributed by atoms with E-state index in [1.807, 2.05) is 17.0 Å². The molecule has 2 fully saturated rings. The number of hydrazine groups is 1. The molecular formula is C29H35N5O4. The standard InChI is InChI=1S/C29H35N5O4/c1-19-5-7-25-21(12-19)13-22(28(31-25)33(2)16-23-9-10-30-32-23)15-34(17-24-4-3-11-36-24)29(35)20-6-8-26-27(14-20)38-18-37-26/h5-8,12-14,23-24,30,32H,3-4,9-11,15-18H2,1-2H3. The lowest BCUT2D eigenvalue weighted by atomic mass is 10.1. The van der Waals surface area contributed by atoms with Crippen LogP contribution >= 0.6 is 0 Å². The Balaban J connectivity index is 1.35. The number of hydrogen-bond acceptors (Lipinski definition) is 8. The minimum atomic E-state index is -0.0570. The van der Waals surface area contributed by atoms with E-state index >= 15 is 0 Å². The number of aryl methyl sites for hydroxylation is 1. The van der Waals surface area contributed by atoms with E-state index in [0.717, 1.165) is 61.2 Å². The van der Waals surface area contributed by atoms with Crippen molar-refractivity contribution in [2.45, 2.75) is 44.9 Å². The van der Waals surface area contributed by atoms with E-state index in [1.165, 1.54) is 5.56 Å². The molecule has 38 heavy (non-hydrogen) atoms. The summed E-state index contributed by atoms with van der Waals surface area (Å²) in [4.78, 5) is 23.1. The first kappa shape index (κ1) is 24.9. The van der Waals surface area contributed by atoms with Gasteiger partial charge in [0.05, 0.1) is 11.6 Å². The van der Waals surface area contributed by atoms with E-state index in [-0.39, 0.29) is 18.8 Å². The van der Waals surface area contributed by atoms with Crippen molar-refractivity contribution in [1.82, 2.24) is 20.7 Å². The Morgan fingerprint density at radius 2 is 1.97 bits per heavy atom. The molecular weight excluding hydrogens is 482 g/mol. The molecule has 1 amide bonds. The molecule has 0 bridgehead atoms. The summed E-state index contributed by atoms with van der Waals surface area (Å²) < 4.78 is 17.0. The Kier molecular flexibility index (Phi) is 7.06. The van der Waals surface area contributed by atoms with Gasteiger partial charge in [0, 0.05) is 62.4 Å². The monoisotopic (exact) mass is 517 g/mol. The number of pyridine rings is 1. The molecule has 0 saturated carbocycles. The fraction of sp³-hybridized carbons (Fsp3) is 0.448. The summed E-state index contributed by atoms with van der Waals surface area (Å²) >= 11 is 0. The van der Waals surface area contributed by atoms with E-state index in [9.17, 15) is 4.79 Å². The van der Waals surface area contributed by atoms with Gasteiger partial charge in [0.1, 0.15) is 5.82 Å². The maximum absolute atomic E-state index is 13.9. The summed E-state index contributed by atoms with van der Waals surface area (Å²) in [6.45, 7) is 5.72. The van der Waals surface area contributed by atoms with Crippen LogP contribution in [0, 0.1) is 6.92 Å². The van der Waals surface area contributed by atoms with Crippen molar-refractivity contribution in [1.29, 1.82) is 0 Å². The van der Waals surface area contributed by atoms with E-state index in [1.54, 1.807) is 6.07 Å². The smallest absolute Gasteiger partial charge is 0.254 e. The van der Waals surface area contributed by atoms with Gasteiger partial charge in [0.25, 0.3) is 5.91 Å². The molecule has 2 atom stereocenters. The topological polar surface area (TPSA) is 88.2 Å². The minimum absolute atomic E-state index is 0.0264. The molecule has 9 nitrogen and oxygen atoms in total. The number of nitrogens with zero attached hydrogens (tertiary/aromatic N) is 3. The Bertz CT molecular complexity index is 1320. The van der Waals surface area contributed by atoms with Gasteiger partial charge in [-0.05, 0) is 62.6 Å². The third-order valence-electron chi connectivity index (χ3n) is 7.52. The summed E-state index contributed by atoms with van der Waals surface area (Å²) in [7, 11) is 2.08. The molecule has 2 unspecified atom stereocenters. The fourth-order valence-corrected chi connectivity index (χ4v) is 5.54. The summed E-state index contributed by atoms with van der Waals surface area (Å²) in [5.41, 5.74) is 10.3. The molecule has 9 heteroatoms. The second-order valence-corrected chi connectivity index (χ2v) is 10.5. The number of rotatable bonds is 8. The maximum atomic E-state index is 13.9. The normalized spacial score (nSPS) is 20.3. The molecule has 200 valence electrons. The molecule has 0 spiro atoms. The highest BCUT2D eigenvalue weighted by Gasteiger charge is 2.27. The summed E-state index contributed by atoms with van der Waals surface area (Å²) in [5.74, 6) is 2.11. The lowest BCUT2D eigenvalue weighted by molar-refractivity contribution is 0.0507. The van der Waals surface area contributed by atoms with Gasteiger partial charge in [-0.25, -0.2) is 4.98 Å². The van der Waals surface area contributed by atoms with Crippen LogP contribution in [-0.4, -0.2) is 68.0 Å². The van der Waals surface area contributed by atoms with Gasteiger partial charge in [0.2, 0.25) is 6.79 Å². The van der Waals surface area contributed by atoms with Gasteiger partial charge in [-0.15, -0.1) is 0 Å². The zero-order valence-electron chi connectivity index (χ0n) is 22.0. The number of ether oxygens (including phenoxy) is 3. The Morgan fingerprint density at radius 3 is 2.79 bits per heavy atom. The van der Waals surface area contributed by atoms with Crippen LogP contribution < -0.4 is 25.2 Å². The van der Waals surface area contributed by atoms with Crippen LogP contribution in [0.2, 0.25) is 0 Å². The van der Waals surface area contributed by atoms with Crippen molar-refractivity contribution in [2.75, 3.05) is 45.0 Å². The van der Waals surface area contributed by atoms with Gasteiger partial charge in [-0.1, -0.05) is 11.6 Å². The number of anilines is 1. The second-order valence-electron chi connectivity index (χ2n) is 10.5. The van der Waals surface area contributed by atoms with Crippen LogP contribution in [0.1, 0.15) is 40.7 Å². The average molecular weight is 518 g/mol. The fourth-order valence-electron chi connectivity index (χ4n) is 5.54. The maximum Gasteiger partial charge on any atom is 0.254 e. The number of benzene rings is 2. The largest absolute Gasteiger partial charge is 0.454 e. The number of amides is 1. The van der Waals surface area contributed by atoms with Crippen LogP contribution in [0.3, 0.4) is 0 Å².